The smallest absolute Gasteiger partial charge is 0.234 e. The zero-order chi connectivity index (χ0) is 14.8. The molecule has 2 N–H and O–H groups in total. The van der Waals surface area contributed by atoms with Crippen LogP contribution < -0.4 is 10.6 Å². The molecule has 20 heavy (non-hydrogen) atoms. The SMILES string of the molecule is CC(C)(C)NC(=O)CN1CCCC(NC(=O)C2CC2)C1. The summed E-state index contributed by atoms with van der Waals surface area (Å²) in [6.07, 6.45) is 4.14. The molecule has 1 aliphatic heterocycles. The summed E-state index contributed by atoms with van der Waals surface area (Å²) in [4.78, 5) is 25.9. The van der Waals surface area contributed by atoms with E-state index < -0.39 is 0 Å². The Hall–Kier alpha value is -1.10. The van der Waals surface area contributed by atoms with Gasteiger partial charge < -0.3 is 10.6 Å². The van der Waals surface area contributed by atoms with Crippen molar-refractivity contribution in [1.29, 1.82) is 0 Å². The van der Waals surface area contributed by atoms with Crippen molar-refractivity contribution in [2.24, 2.45) is 5.92 Å². The molecule has 0 spiro atoms. The molecule has 0 aromatic carbocycles. The Kier molecular flexibility index (Phi) is 4.68. The van der Waals surface area contributed by atoms with Crippen molar-refractivity contribution in [3.63, 3.8) is 0 Å². The topological polar surface area (TPSA) is 61.4 Å². The quantitative estimate of drug-likeness (QED) is 0.804. The Balaban J connectivity index is 1.75. The van der Waals surface area contributed by atoms with Crippen LogP contribution in [0.25, 0.3) is 0 Å². The van der Waals surface area contributed by atoms with Crippen LogP contribution in [0.4, 0.5) is 0 Å². The normalized spacial score (nSPS) is 24.2. The Bertz CT molecular complexity index is 372. The molecule has 5 nitrogen and oxygen atoms in total. The van der Waals surface area contributed by atoms with Crippen molar-refractivity contribution < 1.29 is 9.59 Å². The fraction of sp³-hybridized carbons (Fsp3) is 0.867. The first kappa shape index (κ1) is 15.3. The van der Waals surface area contributed by atoms with Crippen molar-refractivity contribution in [2.45, 2.75) is 58.0 Å². The standard InChI is InChI=1S/C15H27N3O2/c1-15(2,3)17-13(19)10-18-8-4-5-12(9-18)16-14(20)11-6-7-11/h11-12H,4-10H2,1-3H3,(H,16,20)(H,17,19). The zero-order valence-electron chi connectivity index (χ0n) is 12.9. The third-order valence-corrected chi connectivity index (χ3v) is 3.68. The molecule has 2 rings (SSSR count). The maximum atomic E-state index is 11.9. The maximum Gasteiger partial charge on any atom is 0.234 e. The lowest BCUT2D eigenvalue weighted by Gasteiger charge is -2.33. The van der Waals surface area contributed by atoms with Crippen molar-refractivity contribution in [3.05, 3.63) is 0 Å². The summed E-state index contributed by atoms with van der Waals surface area (Å²) in [5.74, 6) is 0.525. The molecule has 0 bridgehead atoms. The second-order valence-electron chi connectivity index (χ2n) is 7.16. The zero-order valence-corrected chi connectivity index (χ0v) is 12.9. The minimum absolute atomic E-state index is 0.0617. The van der Waals surface area contributed by atoms with Gasteiger partial charge in [-0.3, -0.25) is 14.5 Å². The Morgan fingerprint density at radius 2 is 1.90 bits per heavy atom. The van der Waals surface area contributed by atoms with Crippen LogP contribution >= 0.6 is 0 Å². The molecule has 1 aliphatic carbocycles. The summed E-state index contributed by atoms with van der Waals surface area (Å²) in [5.41, 5.74) is -0.188. The van der Waals surface area contributed by atoms with Crippen LogP contribution in [0, 0.1) is 5.92 Å². The highest BCUT2D eigenvalue weighted by Crippen LogP contribution is 2.29. The van der Waals surface area contributed by atoms with Crippen LogP contribution in [0.15, 0.2) is 0 Å². The molecule has 1 saturated carbocycles. The molecular formula is C15H27N3O2. The van der Waals surface area contributed by atoms with Crippen LogP contribution in [-0.2, 0) is 9.59 Å². The van der Waals surface area contributed by atoms with Crippen molar-refractivity contribution in [2.75, 3.05) is 19.6 Å². The van der Waals surface area contributed by atoms with Gasteiger partial charge in [0.1, 0.15) is 0 Å². The number of rotatable bonds is 4. The first-order chi connectivity index (χ1) is 9.33. The van der Waals surface area contributed by atoms with Gasteiger partial charge in [0.25, 0.3) is 0 Å². The Morgan fingerprint density at radius 3 is 2.50 bits per heavy atom. The number of nitrogens with one attached hydrogen (secondary N) is 2. The van der Waals surface area contributed by atoms with Gasteiger partial charge in [-0.05, 0) is 53.0 Å². The third-order valence-electron chi connectivity index (χ3n) is 3.68. The minimum atomic E-state index is -0.188. The van der Waals surface area contributed by atoms with Gasteiger partial charge in [0, 0.05) is 24.0 Å². The van der Waals surface area contributed by atoms with Crippen LogP contribution in [0.1, 0.15) is 46.5 Å². The monoisotopic (exact) mass is 281 g/mol. The summed E-state index contributed by atoms with van der Waals surface area (Å²) in [6, 6.07) is 0.208. The van der Waals surface area contributed by atoms with E-state index in [1.54, 1.807) is 0 Å². The number of hydrogen-bond donors (Lipinski definition) is 2. The van der Waals surface area contributed by atoms with Crippen LogP contribution in [0.5, 0.6) is 0 Å². The van der Waals surface area contributed by atoms with Gasteiger partial charge in [-0.2, -0.15) is 0 Å². The summed E-state index contributed by atoms with van der Waals surface area (Å²) >= 11 is 0. The maximum absolute atomic E-state index is 11.9. The van der Waals surface area contributed by atoms with E-state index in [4.69, 9.17) is 0 Å². The van der Waals surface area contributed by atoms with Gasteiger partial charge in [0.05, 0.1) is 6.54 Å². The average molecular weight is 281 g/mol. The number of piperidine rings is 1. The van der Waals surface area contributed by atoms with E-state index in [9.17, 15) is 9.59 Å². The van der Waals surface area contributed by atoms with E-state index in [-0.39, 0.29) is 29.3 Å². The summed E-state index contributed by atoms with van der Waals surface area (Å²) < 4.78 is 0. The second-order valence-corrected chi connectivity index (χ2v) is 7.16. The molecule has 0 aromatic rings. The fourth-order valence-corrected chi connectivity index (χ4v) is 2.64. The van der Waals surface area contributed by atoms with Gasteiger partial charge in [0.2, 0.25) is 11.8 Å². The van der Waals surface area contributed by atoms with E-state index in [0.717, 1.165) is 38.8 Å². The highest BCUT2D eigenvalue weighted by molar-refractivity contribution is 5.81. The van der Waals surface area contributed by atoms with Gasteiger partial charge in [-0.25, -0.2) is 0 Å². The predicted octanol–water partition coefficient (Wildman–Crippen LogP) is 0.892. The molecule has 0 aromatic heterocycles. The first-order valence-corrected chi connectivity index (χ1v) is 7.67. The summed E-state index contributed by atoms with van der Waals surface area (Å²) in [7, 11) is 0. The number of hydrogen-bond acceptors (Lipinski definition) is 3. The molecular weight excluding hydrogens is 254 g/mol. The van der Waals surface area contributed by atoms with Crippen molar-refractivity contribution in [1.82, 2.24) is 15.5 Å². The van der Waals surface area contributed by atoms with E-state index in [1.807, 2.05) is 20.8 Å². The van der Waals surface area contributed by atoms with E-state index in [0.29, 0.717) is 6.54 Å². The molecule has 2 amide bonds. The van der Waals surface area contributed by atoms with Crippen LogP contribution in [0.3, 0.4) is 0 Å². The summed E-state index contributed by atoms with van der Waals surface area (Å²) in [5, 5.41) is 6.10. The number of amides is 2. The third kappa shape index (κ3) is 5.12. The first-order valence-electron chi connectivity index (χ1n) is 7.67. The summed E-state index contributed by atoms with van der Waals surface area (Å²) in [6.45, 7) is 8.11. The molecule has 1 heterocycles. The number of nitrogens with zero attached hydrogens (tertiary/aromatic N) is 1. The number of likely N-dealkylation sites (tertiary alicyclic amines) is 1. The van der Waals surface area contributed by atoms with Gasteiger partial charge in [-0.15, -0.1) is 0 Å². The molecule has 5 heteroatoms. The highest BCUT2D eigenvalue weighted by atomic mass is 16.2. The lowest BCUT2D eigenvalue weighted by atomic mass is 10.0. The van der Waals surface area contributed by atoms with E-state index >= 15 is 0 Å². The minimum Gasteiger partial charge on any atom is -0.352 e. The number of carbonyl (C=O) groups is 2. The molecule has 2 aliphatic rings. The molecule has 1 saturated heterocycles. The van der Waals surface area contributed by atoms with Crippen molar-refractivity contribution >= 4 is 11.8 Å². The molecule has 0 radical (unpaired) electrons. The lowest BCUT2D eigenvalue weighted by Crippen LogP contribution is -2.52. The number of carbonyl (C=O) groups excluding carboxylic acids is 2. The van der Waals surface area contributed by atoms with Crippen molar-refractivity contribution in [3.8, 4) is 0 Å². The molecule has 1 unspecified atom stereocenters. The lowest BCUT2D eigenvalue weighted by molar-refractivity contribution is -0.124. The highest BCUT2D eigenvalue weighted by Gasteiger charge is 2.32. The van der Waals surface area contributed by atoms with Gasteiger partial charge in [-0.1, -0.05) is 0 Å². The Morgan fingerprint density at radius 1 is 1.20 bits per heavy atom. The predicted molar refractivity (Wildman–Crippen MR) is 78.2 cm³/mol. The van der Waals surface area contributed by atoms with Gasteiger partial charge >= 0.3 is 0 Å². The average Bonchev–Trinajstić information content (AvgIpc) is 3.09. The Labute approximate surface area is 121 Å². The van der Waals surface area contributed by atoms with Crippen LogP contribution in [-0.4, -0.2) is 47.9 Å². The fourth-order valence-electron chi connectivity index (χ4n) is 2.64. The molecule has 114 valence electrons. The van der Waals surface area contributed by atoms with Crippen LogP contribution in [0.2, 0.25) is 0 Å². The van der Waals surface area contributed by atoms with E-state index in [1.165, 1.54) is 0 Å². The largest absolute Gasteiger partial charge is 0.352 e. The second kappa shape index (κ2) is 6.12. The van der Waals surface area contributed by atoms with Gasteiger partial charge in [0.15, 0.2) is 0 Å². The van der Waals surface area contributed by atoms with E-state index in [2.05, 4.69) is 15.5 Å². The molecule has 2 fully saturated rings. The molecule has 1 atom stereocenters.